The average Bonchev–Trinajstić information content (AvgIpc) is 3.61. The van der Waals surface area contributed by atoms with E-state index in [1.54, 1.807) is 0 Å². The van der Waals surface area contributed by atoms with Gasteiger partial charge in [-0.15, -0.1) is 11.3 Å². The molecule has 0 radical (unpaired) electrons. The summed E-state index contributed by atoms with van der Waals surface area (Å²) in [7, 11) is 0. The van der Waals surface area contributed by atoms with E-state index in [-0.39, 0.29) is 0 Å². The first kappa shape index (κ1) is 30.4. The molecule has 2 heteroatoms. The van der Waals surface area contributed by atoms with Gasteiger partial charge in [-0.05, 0) is 97.9 Å². The zero-order chi connectivity index (χ0) is 34.4. The summed E-state index contributed by atoms with van der Waals surface area (Å²) in [5.74, 6) is 0. The molecule has 0 saturated heterocycles. The molecule has 0 aliphatic carbocycles. The summed E-state index contributed by atoms with van der Waals surface area (Å²) in [5.41, 5.74) is 10.6. The number of rotatable bonds is 6. The van der Waals surface area contributed by atoms with Gasteiger partial charge in [0.05, 0.1) is 11.4 Å². The Kier molecular flexibility index (Phi) is 7.41. The van der Waals surface area contributed by atoms with Crippen LogP contribution in [0.3, 0.4) is 0 Å². The van der Waals surface area contributed by atoms with E-state index >= 15 is 0 Å². The van der Waals surface area contributed by atoms with E-state index in [2.05, 4.69) is 205 Å². The van der Waals surface area contributed by atoms with Crippen LogP contribution in [0.1, 0.15) is 0 Å². The van der Waals surface area contributed by atoms with Crippen LogP contribution in [0.25, 0.3) is 75.1 Å². The Morgan fingerprint density at radius 3 is 1.62 bits per heavy atom. The van der Waals surface area contributed by atoms with Crippen LogP contribution in [0, 0.1) is 0 Å². The van der Waals surface area contributed by atoms with Crippen molar-refractivity contribution in [2.75, 3.05) is 4.90 Å². The lowest BCUT2D eigenvalue weighted by molar-refractivity contribution is 1.30. The maximum absolute atomic E-state index is 2.48. The fraction of sp³-hybridized carbons (Fsp3) is 0. The first-order chi connectivity index (χ1) is 25.8. The summed E-state index contributed by atoms with van der Waals surface area (Å²) in [6.07, 6.45) is 0. The summed E-state index contributed by atoms with van der Waals surface area (Å²) in [6, 6.07) is 73.1. The zero-order valence-electron chi connectivity index (χ0n) is 28.4. The van der Waals surface area contributed by atoms with E-state index in [0.29, 0.717) is 0 Å². The van der Waals surface area contributed by atoms with Crippen molar-refractivity contribution in [1.29, 1.82) is 0 Å². The smallest absolute Gasteiger partial charge is 0.0555 e. The molecule has 0 aliphatic heterocycles. The van der Waals surface area contributed by atoms with E-state index in [1.165, 1.54) is 80.8 Å². The lowest BCUT2D eigenvalue weighted by Crippen LogP contribution is -2.12. The Balaban J connectivity index is 1.22. The molecule has 0 spiro atoms. The Morgan fingerprint density at radius 1 is 0.327 bits per heavy atom. The van der Waals surface area contributed by atoms with Gasteiger partial charge in [-0.1, -0.05) is 152 Å². The molecule has 1 aromatic heterocycles. The van der Waals surface area contributed by atoms with Crippen molar-refractivity contribution in [3.05, 3.63) is 200 Å². The van der Waals surface area contributed by atoms with E-state index in [0.717, 1.165) is 11.4 Å². The lowest BCUT2D eigenvalue weighted by atomic mass is 9.95. The van der Waals surface area contributed by atoms with Crippen LogP contribution in [0.15, 0.2) is 200 Å². The van der Waals surface area contributed by atoms with Crippen LogP contribution >= 0.6 is 11.3 Å². The molecule has 0 unspecified atom stereocenters. The van der Waals surface area contributed by atoms with Crippen molar-refractivity contribution < 1.29 is 0 Å². The van der Waals surface area contributed by atoms with Crippen LogP contribution in [0.2, 0.25) is 0 Å². The van der Waals surface area contributed by atoms with Crippen LogP contribution in [0.5, 0.6) is 0 Å². The van der Waals surface area contributed by atoms with Gasteiger partial charge in [0.25, 0.3) is 0 Å². The van der Waals surface area contributed by atoms with Gasteiger partial charge in [0, 0.05) is 31.4 Å². The fourth-order valence-electron chi connectivity index (χ4n) is 7.65. The molecule has 1 heterocycles. The van der Waals surface area contributed by atoms with Gasteiger partial charge < -0.3 is 4.90 Å². The Hall–Kier alpha value is -6.48. The minimum Gasteiger partial charge on any atom is -0.309 e. The normalized spacial score (nSPS) is 11.5. The van der Waals surface area contributed by atoms with E-state index < -0.39 is 0 Å². The summed E-state index contributed by atoms with van der Waals surface area (Å²) < 4.78 is 2.58. The highest BCUT2D eigenvalue weighted by atomic mass is 32.1. The Morgan fingerprint density at radius 2 is 0.885 bits per heavy atom. The van der Waals surface area contributed by atoms with E-state index in [4.69, 9.17) is 0 Å². The standard InChI is InChI=1S/C50H33NS/c1-2-13-37(14-3-1)44-30-27-42(41-24-22-35-12-5-7-16-39(35)32-41)33-47(44)51(46-18-10-20-49-50(46)45-17-8-9-19-48(45)52-49)43-28-25-36(26-29-43)40-23-21-34-11-4-6-15-38(34)31-40/h1-33H. The van der Waals surface area contributed by atoms with Crippen molar-refractivity contribution in [1.82, 2.24) is 0 Å². The maximum atomic E-state index is 2.48. The summed E-state index contributed by atoms with van der Waals surface area (Å²) in [5, 5.41) is 7.55. The highest BCUT2D eigenvalue weighted by Crippen LogP contribution is 2.48. The second-order valence-electron chi connectivity index (χ2n) is 13.4. The van der Waals surface area contributed by atoms with Crippen molar-refractivity contribution in [2.45, 2.75) is 0 Å². The number of nitrogens with zero attached hydrogens (tertiary/aromatic N) is 1. The van der Waals surface area contributed by atoms with Gasteiger partial charge >= 0.3 is 0 Å². The Labute approximate surface area is 307 Å². The molecular formula is C50H33NS. The van der Waals surface area contributed by atoms with Crippen LogP contribution in [0.4, 0.5) is 17.1 Å². The minimum absolute atomic E-state index is 1.11. The third kappa shape index (κ3) is 5.33. The largest absolute Gasteiger partial charge is 0.309 e. The van der Waals surface area contributed by atoms with Crippen LogP contribution in [-0.4, -0.2) is 0 Å². The quantitative estimate of drug-likeness (QED) is 0.169. The lowest BCUT2D eigenvalue weighted by Gasteiger charge is -2.29. The van der Waals surface area contributed by atoms with Crippen molar-refractivity contribution in [2.24, 2.45) is 0 Å². The van der Waals surface area contributed by atoms with Gasteiger partial charge in [0.15, 0.2) is 0 Å². The molecule has 244 valence electrons. The summed E-state index contributed by atoms with van der Waals surface area (Å²) >= 11 is 1.86. The predicted octanol–water partition coefficient (Wildman–Crippen LogP) is 14.8. The number of benzene rings is 9. The number of fused-ring (bicyclic) bond motifs is 5. The van der Waals surface area contributed by atoms with Gasteiger partial charge in [0.1, 0.15) is 0 Å². The predicted molar refractivity (Wildman–Crippen MR) is 225 cm³/mol. The maximum Gasteiger partial charge on any atom is 0.0555 e. The molecule has 0 amide bonds. The molecule has 10 rings (SSSR count). The molecule has 0 N–H and O–H groups in total. The molecular weight excluding hydrogens is 647 g/mol. The van der Waals surface area contributed by atoms with Crippen LogP contribution < -0.4 is 4.90 Å². The average molecular weight is 680 g/mol. The molecule has 0 atom stereocenters. The topological polar surface area (TPSA) is 3.24 Å². The number of thiophene rings is 1. The van der Waals surface area contributed by atoms with Gasteiger partial charge in [-0.3, -0.25) is 0 Å². The number of hydrogen-bond donors (Lipinski definition) is 0. The van der Waals surface area contributed by atoms with E-state index in [9.17, 15) is 0 Å². The first-order valence-electron chi connectivity index (χ1n) is 17.8. The van der Waals surface area contributed by atoms with Crippen molar-refractivity contribution in [3.63, 3.8) is 0 Å². The molecule has 10 aromatic rings. The molecule has 52 heavy (non-hydrogen) atoms. The van der Waals surface area contributed by atoms with Gasteiger partial charge in [-0.2, -0.15) is 0 Å². The third-order valence-electron chi connectivity index (χ3n) is 10.2. The fourth-order valence-corrected chi connectivity index (χ4v) is 8.78. The highest BCUT2D eigenvalue weighted by molar-refractivity contribution is 7.26. The summed E-state index contributed by atoms with van der Waals surface area (Å²) in [6.45, 7) is 0. The molecule has 0 bridgehead atoms. The SMILES string of the molecule is c1ccc(-c2ccc(-c3ccc4ccccc4c3)cc2N(c2ccc(-c3ccc4ccccc4c3)cc2)c2cccc3sc4ccccc4c23)cc1. The van der Waals surface area contributed by atoms with Crippen LogP contribution in [-0.2, 0) is 0 Å². The molecule has 0 saturated carbocycles. The van der Waals surface area contributed by atoms with Gasteiger partial charge in [-0.25, -0.2) is 0 Å². The Bertz CT molecular complexity index is 2900. The second kappa shape index (κ2) is 12.7. The molecule has 1 nitrogen and oxygen atoms in total. The van der Waals surface area contributed by atoms with E-state index in [1.807, 2.05) is 11.3 Å². The van der Waals surface area contributed by atoms with Crippen molar-refractivity contribution in [3.8, 4) is 33.4 Å². The minimum atomic E-state index is 1.11. The third-order valence-corrected chi connectivity index (χ3v) is 11.4. The number of anilines is 3. The highest BCUT2D eigenvalue weighted by Gasteiger charge is 2.22. The first-order valence-corrected chi connectivity index (χ1v) is 18.6. The zero-order valence-corrected chi connectivity index (χ0v) is 29.2. The molecule has 0 aliphatic rings. The molecule has 0 fully saturated rings. The monoisotopic (exact) mass is 679 g/mol. The molecule has 9 aromatic carbocycles. The van der Waals surface area contributed by atoms with Gasteiger partial charge in [0.2, 0.25) is 0 Å². The summed E-state index contributed by atoms with van der Waals surface area (Å²) in [4.78, 5) is 2.48. The number of hydrogen-bond acceptors (Lipinski definition) is 2. The second-order valence-corrected chi connectivity index (χ2v) is 14.4. The van der Waals surface area contributed by atoms with Crippen molar-refractivity contribution >= 4 is 70.1 Å².